The van der Waals surface area contributed by atoms with Gasteiger partial charge in [0.05, 0.1) is 18.5 Å². The van der Waals surface area contributed by atoms with Gasteiger partial charge in [0.1, 0.15) is 5.75 Å². The molecule has 144 valence electrons. The Morgan fingerprint density at radius 2 is 1.86 bits per heavy atom. The second-order valence-corrected chi connectivity index (χ2v) is 8.79. The highest BCUT2D eigenvalue weighted by Gasteiger charge is 2.35. The first-order valence-corrected chi connectivity index (χ1v) is 10.7. The van der Waals surface area contributed by atoms with Gasteiger partial charge in [-0.2, -0.15) is 0 Å². The predicted molar refractivity (Wildman–Crippen MR) is 110 cm³/mol. The second kappa shape index (κ2) is 6.83. The molecule has 1 N–H and O–H groups in total. The molecule has 1 atom stereocenters. The molecule has 0 spiro atoms. The van der Waals surface area contributed by atoms with E-state index in [-0.39, 0.29) is 6.54 Å². The number of sulfonamides is 1. The third-order valence-corrected chi connectivity index (χ3v) is 5.87. The van der Waals surface area contributed by atoms with Crippen LogP contribution in [0, 0.1) is 6.92 Å². The van der Waals surface area contributed by atoms with Crippen molar-refractivity contribution in [1.29, 1.82) is 0 Å². The quantitative estimate of drug-likeness (QED) is 0.737. The van der Waals surface area contributed by atoms with Crippen molar-refractivity contribution in [2.24, 2.45) is 0 Å². The van der Waals surface area contributed by atoms with Crippen LogP contribution in [0.4, 0.5) is 11.4 Å². The Morgan fingerprint density at radius 3 is 2.64 bits per heavy atom. The molecule has 0 radical (unpaired) electrons. The van der Waals surface area contributed by atoms with Crippen LogP contribution in [0.1, 0.15) is 5.56 Å². The van der Waals surface area contributed by atoms with Crippen LogP contribution in [0.5, 0.6) is 5.75 Å². The third-order valence-electron chi connectivity index (χ3n) is 4.72. The van der Waals surface area contributed by atoms with Crippen molar-refractivity contribution in [3.8, 4) is 5.75 Å². The maximum Gasteiger partial charge on any atom is 0.267 e. The van der Waals surface area contributed by atoms with E-state index in [2.05, 4.69) is 5.32 Å². The van der Waals surface area contributed by atoms with E-state index >= 15 is 0 Å². The molecule has 0 bridgehead atoms. The van der Waals surface area contributed by atoms with Crippen molar-refractivity contribution in [1.82, 2.24) is 0 Å². The highest BCUT2D eigenvalue weighted by Crippen LogP contribution is 2.36. The molecular weight excluding hydrogens is 376 g/mol. The number of nitrogens with zero attached hydrogens (tertiary/aromatic N) is 1. The van der Waals surface area contributed by atoms with Gasteiger partial charge in [-0.1, -0.05) is 42.5 Å². The number of fused-ring (bicyclic) bond motifs is 2. The van der Waals surface area contributed by atoms with Gasteiger partial charge in [0.15, 0.2) is 6.10 Å². The van der Waals surface area contributed by atoms with Gasteiger partial charge < -0.3 is 10.1 Å². The molecule has 0 saturated carbocycles. The largest absolute Gasteiger partial charge is 0.476 e. The van der Waals surface area contributed by atoms with Gasteiger partial charge in [-0.25, -0.2) is 8.42 Å². The number of ether oxygens (including phenoxy) is 1. The molecular formula is C21H20N2O4S. The Hall–Kier alpha value is -3.06. The Balaban J connectivity index is 1.66. The average Bonchev–Trinajstić information content (AvgIpc) is 2.66. The molecule has 0 saturated heterocycles. The summed E-state index contributed by atoms with van der Waals surface area (Å²) in [6.07, 6.45) is 0.174. The number of hydrogen-bond acceptors (Lipinski definition) is 4. The zero-order valence-corrected chi connectivity index (χ0v) is 16.4. The zero-order valence-electron chi connectivity index (χ0n) is 15.5. The van der Waals surface area contributed by atoms with E-state index in [0.29, 0.717) is 17.1 Å². The second-order valence-electron chi connectivity index (χ2n) is 6.89. The molecule has 4 rings (SSSR count). The molecule has 3 aromatic carbocycles. The highest BCUT2D eigenvalue weighted by atomic mass is 32.2. The normalized spacial score (nSPS) is 16.4. The van der Waals surface area contributed by atoms with E-state index in [4.69, 9.17) is 4.74 Å². The summed E-state index contributed by atoms with van der Waals surface area (Å²) in [5, 5.41) is 4.79. The van der Waals surface area contributed by atoms with Crippen LogP contribution in [0.3, 0.4) is 0 Å². The van der Waals surface area contributed by atoms with Gasteiger partial charge in [-0.3, -0.25) is 9.10 Å². The number of benzene rings is 3. The van der Waals surface area contributed by atoms with E-state index < -0.39 is 22.0 Å². The summed E-state index contributed by atoms with van der Waals surface area (Å²) < 4.78 is 31.7. The summed E-state index contributed by atoms with van der Waals surface area (Å²) in [7, 11) is -3.56. The van der Waals surface area contributed by atoms with E-state index in [1.54, 1.807) is 12.1 Å². The Labute approximate surface area is 163 Å². The molecule has 1 amide bonds. The SMILES string of the molecule is Cc1ccc2c(c1)N(S(C)(=O)=O)C[C@@H](C(=O)Nc1cccc3ccccc13)O2. The monoisotopic (exact) mass is 396 g/mol. The molecule has 0 fully saturated rings. The van der Waals surface area contributed by atoms with Crippen LogP contribution in [0.2, 0.25) is 0 Å². The molecule has 7 heteroatoms. The number of nitrogens with one attached hydrogen (secondary N) is 1. The minimum absolute atomic E-state index is 0.0775. The molecule has 1 heterocycles. The standard InChI is InChI=1S/C21H20N2O4S/c1-14-10-11-19-18(12-14)23(28(2,25)26)13-20(27-19)21(24)22-17-9-5-7-15-6-3-4-8-16(15)17/h3-12,20H,13H2,1-2H3,(H,22,24)/t20-/m0/s1. The van der Waals surface area contributed by atoms with Gasteiger partial charge >= 0.3 is 0 Å². The number of carbonyl (C=O) groups excluding carboxylic acids is 1. The lowest BCUT2D eigenvalue weighted by molar-refractivity contribution is -0.122. The summed E-state index contributed by atoms with van der Waals surface area (Å²) in [6, 6.07) is 18.6. The number of hydrogen-bond donors (Lipinski definition) is 1. The number of amides is 1. The van der Waals surface area contributed by atoms with Crippen molar-refractivity contribution < 1.29 is 17.9 Å². The maximum absolute atomic E-state index is 12.9. The fourth-order valence-electron chi connectivity index (χ4n) is 3.36. The zero-order chi connectivity index (χ0) is 19.9. The van der Waals surface area contributed by atoms with Crippen LogP contribution in [0.15, 0.2) is 60.7 Å². The van der Waals surface area contributed by atoms with Crippen molar-refractivity contribution >= 4 is 38.1 Å². The minimum atomic E-state index is -3.56. The number of carbonyl (C=O) groups is 1. The lowest BCUT2D eigenvalue weighted by atomic mass is 10.1. The number of anilines is 2. The first-order chi connectivity index (χ1) is 13.3. The van der Waals surface area contributed by atoms with E-state index in [9.17, 15) is 13.2 Å². The highest BCUT2D eigenvalue weighted by molar-refractivity contribution is 7.92. The lowest BCUT2D eigenvalue weighted by Gasteiger charge is -2.34. The number of rotatable bonds is 3. The molecule has 28 heavy (non-hydrogen) atoms. The Bertz CT molecular complexity index is 1170. The van der Waals surface area contributed by atoms with E-state index in [1.807, 2.05) is 55.5 Å². The molecule has 0 aliphatic carbocycles. The third kappa shape index (κ3) is 3.41. The lowest BCUT2D eigenvalue weighted by Crippen LogP contribution is -2.48. The molecule has 3 aromatic rings. The average molecular weight is 396 g/mol. The van der Waals surface area contributed by atoms with Crippen molar-refractivity contribution in [2.75, 3.05) is 22.4 Å². The van der Waals surface area contributed by atoms with E-state index in [1.165, 1.54) is 4.31 Å². The Morgan fingerprint density at radius 1 is 1.11 bits per heavy atom. The fraction of sp³-hybridized carbons (Fsp3) is 0.190. The van der Waals surface area contributed by atoms with Crippen molar-refractivity contribution in [2.45, 2.75) is 13.0 Å². The van der Waals surface area contributed by atoms with Gasteiger partial charge in [0, 0.05) is 11.1 Å². The van der Waals surface area contributed by atoms with Gasteiger partial charge in [0.2, 0.25) is 10.0 Å². The summed E-state index contributed by atoms with van der Waals surface area (Å²) >= 11 is 0. The topological polar surface area (TPSA) is 75.7 Å². The van der Waals surface area contributed by atoms with Crippen molar-refractivity contribution in [3.63, 3.8) is 0 Å². The van der Waals surface area contributed by atoms with E-state index in [0.717, 1.165) is 22.6 Å². The number of aryl methyl sites for hydroxylation is 1. The molecule has 1 aliphatic heterocycles. The first kappa shape index (κ1) is 18.3. The van der Waals surface area contributed by atoms with Crippen molar-refractivity contribution in [3.05, 3.63) is 66.2 Å². The van der Waals surface area contributed by atoms with Gasteiger partial charge in [-0.15, -0.1) is 0 Å². The first-order valence-electron chi connectivity index (χ1n) is 8.86. The fourth-order valence-corrected chi connectivity index (χ4v) is 4.27. The summed E-state index contributed by atoms with van der Waals surface area (Å²) in [5.41, 5.74) is 2.03. The van der Waals surface area contributed by atoms with Crippen LogP contribution in [-0.2, 0) is 14.8 Å². The summed E-state index contributed by atoms with van der Waals surface area (Å²) in [5.74, 6) is -0.0171. The minimum Gasteiger partial charge on any atom is -0.476 e. The Kier molecular flexibility index (Phi) is 4.47. The molecule has 6 nitrogen and oxygen atoms in total. The van der Waals surface area contributed by atoms with Gasteiger partial charge in [0.25, 0.3) is 5.91 Å². The smallest absolute Gasteiger partial charge is 0.267 e. The van der Waals surface area contributed by atoms with Crippen LogP contribution in [-0.4, -0.2) is 33.2 Å². The summed E-state index contributed by atoms with van der Waals surface area (Å²) in [4.78, 5) is 12.9. The van der Waals surface area contributed by atoms with Gasteiger partial charge in [-0.05, 0) is 36.1 Å². The molecule has 1 aliphatic rings. The van der Waals surface area contributed by atoms with Crippen LogP contribution < -0.4 is 14.4 Å². The molecule has 0 unspecified atom stereocenters. The van der Waals surface area contributed by atoms with Crippen LogP contribution in [0.25, 0.3) is 10.8 Å². The predicted octanol–water partition coefficient (Wildman–Crippen LogP) is 3.31. The maximum atomic E-state index is 12.9. The van der Waals surface area contributed by atoms with Crippen LogP contribution >= 0.6 is 0 Å². The molecule has 0 aromatic heterocycles. The summed E-state index contributed by atoms with van der Waals surface area (Å²) in [6.45, 7) is 1.80.